The van der Waals surface area contributed by atoms with E-state index in [1.165, 1.54) is 14.2 Å². The molecule has 0 saturated carbocycles. The lowest BCUT2D eigenvalue weighted by Crippen LogP contribution is -2.41. The summed E-state index contributed by atoms with van der Waals surface area (Å²) in [5, 5.41) is 2.81. The van der Waals surface area contributed by atoms with E-state index in [9.17, 15) is 13.2 Å². The average molecular weight is 423 g/mol. The van der Waals surface area contributed by atoms with Crippen molar-refractivity contribution in [2.75, 3.05) is 38.4 Å². The number of benzene rings is 2. The van der Waals surface area contributed by atoms with Crippen molar-refractivity contribution in [2.24, 2.45) is 0 Å². The predicted molar refractivity (Wildman–Crippen MR) is 111 cm³/mol. The zero-order chi connectivity index (χ0) is 21.6. The molecule has 1 atom stereocenters. The van der Waals surface area contributed by atoms with Crippen molar-refractivity contribution in [1.29, 1.82) is 0 Å². The standard InChI is InChI=1S/C20H26N2O6S/c1-14(16-12-15(26-2)10-11-18(16)27-3)21-20(23)13-22(29(5,24)25)17-8-6-7-9-19(17)28-4/h6-12,14H,13H2,1-5H3,(H,21,23)/t14-/m0/s1. The highest BCUT2D eigenvalue weighted by atomic mass is 32.2. The molecule has 2 aromatic carbocycles. The van der Waals surface area contributed by atoms with Gasteiger partial charge in [0.1, 0.15) is 23.8 Å². The Bertz CT molecular complexity index is 961. The summed E-state index contributed by atoms with van der Waals surface area (Å²) in [6.45, 7) is 1.39. The molecule has 29 heavy (non-hydrogen) atoms. The molecule has 0 aliphatic rings. The van der Waals surface area contributed by atoms with Gasteiger partial charge in [-0.1, -0.05) is 12.1 Å². The minimum absolute atomic E-state index is 0.291. The average Bonchev–Trinajstić information content (AvgIpc) is 2.70. The summed E-state index contributed by atoms with van der Waals surface area (Å²) in [6, 6.07) is 11.4. The number of amides is 1. The van der Waals surface area contributed by atoms with Crippen LogP contribution in [0.15, 0.2) is 42.5 Å². The predicted octanol–water partition coefficient (Wildman–Crippen LogP) is 2.36. The van der Waals surface area contributed by atoms with E-state index in [0.29, 0.717) is 28.5 Å². The number of carbonyl (C=O) groups excluding carboxylic acids is 1. The van der Waals surface area contributed by atoms with Crippen molar-refractivity contribution in [1.82, 2.24) is 5.32 Å². The minimum Gasteiger partial charge on any atom is -0.497 e. The van der Waals surface area contributed by atoms with E-state index in [1.54, 1.807) is 56.5 Å². The third-order valence-electron chi connectivity index (χ3n) is 4.32. The van der Waals surface area contributed by atoms with Gasteiger partial charge in [-0.25, -0.2) is 8.42 Å². The van der Waals surface area contributed by atoms with E-state index in [1.807, 2.05) is 0 Å². The minimum atomic E-state index is -3.72. The molecule has 0 radical (unpaired) electrons. The van der Waals surface area contributed by atoms with Crippen molar-refractivity contribution < 1.29 is 27.4 Å². The van der Waals surface area contributed by atoms with Gasteiger partial charge in [0.2, 0.25) is 15.9 Å². The first-order valence-corrected chi connectivity index (χ1v) is 10.7. The number of ether oxygens (including phenoxy) is 3. The van der Waals surface area contributed by atoms with E-state index >= 15 is 0 Å². The van der Waals surface area contributed by atoms with Gasteiger partial charge < -0.3 is 19.5 Å². The Kier molecular flexibility index (Phi) is 7.33. The molecule has 0 aliphatic heterocycles. The van der Waals surface area contributed by atoms with Crippen molar-refractivity contribution >= 4 is 21.6 Å². The molecular formula is C20H26N2O6S. The van der Waals surface area contributed by atoms with Crippen LogP contribution in [0, 0.1) is 0 Å². The van der Waals surface area contributed by atoms with Crippen molar-refractivity contribution in [2.45, 2.75) is 13.0 Å². The maximum absolute atomic E-state index is 12.7. The zero-order valence-corrected chi connectivity index (χ0v) is 17.9. The van der Waals surface area contributed by atoms with Gasteiger partial charge in [0, 0.05) is 5.56 Å². The van der Waals surface area contributed by atoms with Crippen LogP contribution in [0.4, 0.5) is 5.69 Å². The lowest BCUT2D eigenvalue weighted by atomic mass is 10.1. The maximum Gasteiger partial charge on any atom is 0.241 e. The Hall–Kier alpha value is -2.94. The molecule has 0 spiro atoms. The highest BCUT2D eigenvalue weighted by Crippen LogP contribution is 2.31. The molecule has 0 unspecified atom stereocenters. The quantitative estimate of drug-likeness (QED) is 0.667. The topological polar surface area (TPSA) is 94.2 Å². The first-order valence-electron chi connectivity index (χ1n) is 8.83. The fourth-order valence-corrected chi connectivity index (χ4v) is 3.75. The Labute approximate surface area is 171 Å². The number of rotatable bonds is 9. The number of methoxy groups -OCH3 is 3. The third-order valence-corrected chi connectivity index (χ3v) is 5.45. The van der Waals surface area contributed by atoms with Crippen molar-refractivity contribution in [3.63, 3.8) is 0 Å². The Morgan fingerprint density at radius 3 is 2.28 bits per heavy atom. The summed E-state index contributed by atoms with van der Waals surface area (Å²) in [5.41, 5.74) is 1.00. The van der Waals surface area contributed by atoms with Crippen LogP contribution in [0.1, 0.15) is 18.5 Å². The van der Waals surface area contributed by atoms with E-state index in [2.05, 4.69) is 5.32 Å². The second-order valence-corrected chi connectivity index (χ2v) is 8.25. The lowest BCUT2D eigenvalue weighted by Gasteiger charge is -2.25. The van der Waals surface area contributed by atoms with Gasteiger partial charge in [-0.05, 0) is 37.3 Å². The van der Waals surface area contributed by atoms with Gasteiger partial charge in [0.25, 0.3) is 0 Å². The van der Waals surface area contributed by atoms with Crippen LogP contribution in [0.25, 0.3) is 0 Å². The SMILES string of the molecule is COc1ccc(OC)c([C@H](C)NC(=O)CN(c2ccccc2OC)S(C)(=O)=O)c1. The Morgan fingerprint density at radius 2 is 1.69 bits per heavy atom. The van der Waals surface area contributed by atoms with Crippen molar-refractivity contribution in [3.8, 4) is 17.2 Å². The van der Waals surface area contributed by atoms with E-state index in [-0.39, 0.29) is 0 Å². The second kappa shape index (κ2) is 9.51. The van der Waals surface area contributed by atoms with Gasteiger partial charge >= 0.3 is 0 Å². The van der Waals surface area contributed by atoms with Crippen LogP contribution in [0.5, 0.6) is 17.2 Å². The number of nitrogens with zero attached hydrogens (tertiary/aromatic N) is 1. The normalized spacial score (nSPS) is 12.0. The first-order chi connectivity index (χ1) is 13.7. The highest BCUT2D eigenvalue weighted by molar-refractivity contribution is 7.92. The van der Waals surface area contributed by atoms with Gasteiger partial charge in [-0.2, -0.15) is 0 Å². The number of carbonyl (C=O) groups is 1. The van der Waals surface area contributed by atoms with E-state index in [4.69, 9.17) is 14.2 Å². The summed E-state index contributed by atoms with van der Waals surface area (Å²) in [5.74, 6) is 1.09. The number of hydrogen-bond acceptors (Lipinski definition) is 6. The van der Waals surface area contributed by atoms with Crippen LogP contribution in [0.2, 0.25) is 0 Å². The highest BCUT2D eigenvalue weighted by Gasteiger charge is 2.25. The zero-order valence-electron chi connectivity index (χ0n) is 17.1. The summed E-state index contributed by atoms with van der Waals surface area (Å²) in [7, 11) is 0.802. The molecule has 0 saturated heterocycles. The van der Waals surface area contributed by atoms with Crippen LogP contribution in [-0.2, 0) is 14.8 Å². The molecule has 0 aromatic heterocycles. The molecule has 9 heteroatoms. The molecule has 0 heterocycles. The van der Waals surface area contributed by atoms with Gasteiger partial charge in [-0.15, -0.1) is 0 Å². The second-order valence-electron chi connectivity index (χ2n) is 6.34. The molecule has 0 fully saturated rings. The number of hydrogen-bond donors (Lipinski definition) is 1. The summed E-state index contributed by atoms with van der Waals surface area (Å²) in [6.07, 6.45) is 1.04. The molecule has 2 rings (SSSR count). The Morgan fingerprint density at radius 1 is 1.03 bits per heavy atom. The van der Waals surface area contributed by atoms with Gasteiger partial charge in [-0.3, -0.25) is 9.10 Å². The summed E-state index contributed by atoms with van der Waals surface area (Å²) >= 11 is 0. The van der Waals surface area contributed by atoms with Crippen LogP contribution < -0.4 is 23.8 Å². The van der Waals surface area contributed by atoms with E-state index in [0.717, 1.165) is 10.6 Å². The van der Waals surface area contributed by atoms with Crippen molar-refractivity contribution in [3.05, 3.63) is 48.0 Å². The third kappa shape index (κ3) is 5.54. The first kappa shape index (κ1) is 22.4. The number of anilines is 1. The molecule has 1 N–H and O–H groups in total. The maximum atomic E-state index is 12.7. The van der Waals surface area contributed by atoms with Crippen LogP contribution in [-0.4, -0.2) is 48.5 Å². The summed E-state index contributed by atoms with van der Waals surface area (Å²) in [4.78, 5) is 12.7. The summed E-state index contributed by atoms with van der Waals surface area (Å²) < 4.78 is 41.5. The molecular weight excluding hydrogens is 396 g/mol. The number of sulfonamides is 1. The largest absolute Gasteiger partial charge is 0.497 e. The molecule has 158 valence electrons. The number of nitrogens with one attached hydrogen (secondary N) is 1. The van der Waals surface area contributed by atoms with Gasteiger partial charge in [0.05, 0.1) is 39.3 Å². The molecule has 2 aromatic rings. The molecule has 1 amide bonds. The smallest absolute Gasteiger partial charge is 0.241 e. The lowest BCUT2D eigenvalue weighted by molar-refractivity contribution is -0.120. The molecule has 0 aliphatic carbocycles. The van der Waals surface area contributed by atoms with E-state index < -0.39 is 28.5 Å². The molecule has 8 nitrogen and oxygen atoms in total. The monoisotopic (exact) mass is 422 g/mol. The fraction of sp³-hybridized carbons (Fsp3) is 0.350. The van der Waals surface area contributed by atoms with Gasteiger partial charge in [0.15, 0.2) is 0 Å². The van der Waals surface area contributed by atoms with Crippen LogP contribution in [0.3, 0.4) is 0 Å². The fourth-order valence-electron chi connectivity index (χ4n) is 2.89. The Balaban J connectivity index is 2.25. The molecule has 0 bridgehead atoms. The number of para-hydroxylation sites is 2. The van der Waals surface area contributed by atoms with Crippen LogP contribution >= 0.6 is 0 Å².